The van der Waals surface area contributed by atoms with Gasteiger partial charge in [-0.15, -0.1) is 0 Å². The Hall–Kier alpha value is -2.45. The van der Waals surface area contributed by atoms with Gasteiger partial charge >= 0.3 is 12.0 Å². The summed E-state index contributed by atoms with van der Waals surface area (Å²) >= 11 is 0. The molecule has 2 N–H and O–H groups in total. The van der Waals surface area contributed by atoms with Crippen molar-refractivity contribution in [2.45, 2.75) is 25.7 Å². The van der Waals surface area contributed by atoms with Crippen LogP contribution in [0.1, 0.15) is 19.3 Å². The van der Waals surface area contributed by atoms with Gasteiger partial charge in [0.1, 0.15) is 5.69 Å². The third-order valence-electron chi connectivity index (χ3n) is 4.94. The molecule has 9 heteroatoms. The first kappa shape index (κ1) is 17.4. The van der Waals surface area contributed by atoms with E-state index in [-0.39, 0.29) is 24.0 Å². The summed E-state index contributed by atoms with van der Waals surface area (Å²) in [4.78, 5) is 29.5. The van der Waals surface area contributed by atoms with Crippen molar-refractivity contribution < 1.29 is 28.2 Å². The second kappa shape index (κ2) is 6.81. The Labute approximate surface area is 143 Å². The highest BCUT2D eigenvalue weighted by molar-refractivity contribution is 5.91. The fourth-order valence-corrected chi connectivity index (χ4v) is 3.73. The standard InChI is InChI=1S/C16H19F2N3O4/c17-12(18)8-25-13-11(4-2-6-19-13)20-15(24)21-7-10-3-1-5-16(10,9-21)14(22)23/h2,4,6,10,12H,1,3,5,7-9H2,(H,20,24)(H,22,23)/t10-,16+/m0/s1. The number of carboxylic acids is 1. The van der Waals surface area contributed by atoms with E-state index >= 15 is 0 Å². The Morgan fingerprint density at radius 1 is 1.52 bits per heavy atom. The van der Waals surface area contributed by atoms with Gasteiger partial charge in [0, 0.05) is 19.3 Å². The van der Waals surface area contributed by atoms with Crippen LogP contribution in [0.3, 0.4) is 0 Å². The summed E-state index contributed by atoms with van der Waals surface area (Å²) in [5.74, 6) is -1.02. The van der Waals surface area contributed by atoms with E-state index in [1.807, 2.05) is 0 Å². The van der Waals surface area contributed by atoms with Crippen molar-refractivity contribution in [2.75, 3.05) is 25.0 Å². The number of hydrogen-bond acceptors (Lipinski definition) is 4. The summed E-state index contributed by atoms with van der Waals surface area (Å²) in [7, 11) is 0. The minimum atomic E-state index is -2.65. The lowest BCUT2D eigenvalue weighted by molar-refractivity contribution is -0.149. The number of ether oxygens (including phenoxy) is 1. The van der Waals surface area contributed by atoms with Gasteiger partial charge in [-0.2, -0.15) is 0 Å². The Morgan fingerprint density at radius 3 is 3.00 bits per heavy atom. The molecule has 1 aliphatic carbocycles. The molecule has 2 fully saturated rings. The summed E-state index contributed by atoms with van der Waals surface area (Å²) in [6.45, 7) is -0.314. The Balaban J connectivity index is 1.69. The van der Waals surface area contributed by atoms with E-state index in [4.69, 9.17) is 4.74 Å². The largest absolute Gasteiger partial charge is 0.481 e. The van der Waals surface area contributed by atoms with Crippen molar-refractivity contribution in [3.05, 3.63) is 18.3 Å². The van der Waals surface area contributed by atoms with Gasteiger partial charge in [-0.05, 0) is 30.9 Å². The first-order chi connectivity index (χ1) is 11.9. The number of aromatic nitrogens is 1. The molecular weight excluding hydrogens is 336 g/mol. The van der Waals surface area contributed by atoms with Crippen LogP contribution >= 0.6 is 0 Å². The third-order valence-corrected chi connectivity index (χ3v) is 4.94. The van der Waals surface area contributed by atoms with Crippen molar-refractivity contribution >= 4 is 17.7 Å². The average molecular weight is 355 g/mol. The molecule has 1 aromatic heterocycles. The first-order valence-electron chi connectivity index (χ1n) is 8.07. The molecule has 136 valence electrons. The topological polar surface area (TPSA) is 91.8 Å². The van der Waals surface area contributed by atoms with Crippen molar-refractivity contribution in [3.8, 4) is 5.88 Å². The number of fused-ring (bicyclic) bond motifs is 1. The number of amides is 2. The number of alkyl halides is 2. The average Bonchev–Trinajstić information content (AvgIpc) is 3.12. The molecule has 1 aliphatic heterocycles. The van der Waals surface area contributed by atoms with Gasteiger partial charge in [-0.25, -0.2) is 18.6 Å². The molecule has 0 radical (unpaired) electrons. The van der Waals surface area contributed by atoms with Crippen molar-refractivity contribution in [1.82, 2.24) is 9.88 Å². The fraction of sp³-hybridized carbons (Fsp3) is 0.562. The number of carboxylic acid groups (broad SMARTS) is 1. The molecule has 1 saturated carbocycles. The van der Waals surface area contributed by atoms with E-state index in [1.165, 1.54) is 17.2 Å². The number of nitrogens with zero attached hydrogens (tertiary/aromatic N) is 2. The van der Waals surface area contributed by atoms with Crippen molar-refractivity contribution in [2.24, 2.45) is 11.3 Å². The summed E-state index contributed by atoms with van der Waals surface area (Å²) in [6.07, 6.45) is 0.911. The van der Waals surface area contributed by atoms with Gasteiger partial charge in [0.15, 0.2) is 6.61 Å². The number of urea groups is 1. The highest BCUT2D eigenvalue weighted by Gasteiger charge is 2.55. The maximum Gasteiger partial charge on any atom is 0.322 e. The number of nitrogens with one attached hydrogen (secondary N) is 1. The SMILES string of the molecule is O=C(Nc1cccnc1OCC(F)F)N1C[C@@H]2CCC[C@@]2(C(=O)O)C1. The van der Waals surface area contributed by atoms with Crippen LogP contribution < -0.4 is 10.1 Å². The first-order valence-corrected chi connectivity index (χ1v) is 8.07. The van der Waals surface area contributed by atoms with Gasteiger partial charge in [-0.1, -0.05) is 6.42 Å². The van der Waals surface area contributed by atoms with Crippen LogP contribution in [0.5, 0.6) is 5.88 Å². The van der Waals surface area contributed by atoms with Crippen molar-refractivity contribution in [3.63, 3.8) is 0 Å². The summed E-state index contributed by atoms with van der Waals surface area (Å²) in [5, 5.41) is 12.2. The number of carbonyl (C=O) groups excluding carboxylic acids is 1. The smallest absolute Gasteiger partial charge is 0.322 e. The molecule has 0 bridgehead atoms. The second-order valence-corrected chi connectivity index (χ2v) is 6.42. The molecule has 2 aliphatic rings. The number of rotatable bonds is 5. The number of likely N-dealkylation sites (tertiary alicyclic amines) is 1. The highest BCUT2D eigenvalue weighted by atomic mass is 19.3. The van der Waals surface area contributed by atoms with Crippen LogP contribution in [0.2, 0.25) is 0 Å². The van der Waals surface area contributed by atoms with Crippen LogP contribution in [-0.4, -0.2) is 53.1 Å². The number of hydrogen-bond donors (Lipinski definition) is 2. The number of carbonyl (C=O) groups is 2. The number of aliphatic carboxylic acids is 1. The van der Waals surface area contributed by atoms with E-state index in [2.05, 4.69) is 10.3 Å². The monoisotopic (exact) mass is 355 g/mol. The normalized spacial score (nSPS) is 25.1. The molecule has 1 saturated heterocycles. The van der Waals surface area contributed by atoms with Crippen LogP contribution in [0.25, 0.3) is 0 Å². The summed E-state index contributed by atoms with van der Waals surface area (Å²) < 4.78 is 29.5. The van der Waals surface area contributed by atoms with Crippen LogP contribution in [0, 0.1) is 11.3 Å². The Kier molecular flexibility index (Phi) is 4.73. The molecule has 2 atom stereocenters. The molecule has 1 aromatic rings. The Morgan fingerprint density at radius 2 is 2.32 bits per heavy atom. The zero-order chi connectivity index (χ0) is 18.0. The zero-order valence-electron chi connectivity index (χ0n) is 13.5. The minimum Gasteiger partial charge on any atom is -0.481 e. The quantitative estimate of drug-likeness (QED) is 0.846. The number of anilines is 1. The molecular formula is C16H19F2N3O4. The van der Waals surface area contributed by atoms with Crippen LogP contribution in [0.15, 0.2) is 18.3 Å². The minimum absolute atomic E-state index is 0.0563. The fourth-order valence-electron chi connectivity index (χ4n) is 3.73. The lowest BCUT2D eigenvalue weighted by atomic mass is 9.81. The van der Waals surface area contributed by atoms with E-state index in [9.17, 15) is 23.5 Å². The van der Waals surface area contributed by atoms with E-state index < -0.39 is 30.4 Å². The summed E-state index contributed by atoms with van der Waals surface area (Å²) in [5.41, 5.74) is -0.698. The molecule has 0 spiro atoms. The molecule has 0 unspecified atom stereocenters. The highest BCUT2D eigenvalue weighted by Crippen LogP contribution is 2.49. The summed E-state index contributed by atoms with van der Waals surface area (Å²) in [6, 6.07) is 2.56. The predicted octanol–water partition coefficient (Wildman–Crippen LogP) is 2.44. The van der Waals surface area contributed by atoms with Gasteiger partial charge in [-0.3, -0.25) is 4.79 Å². The third kappa shape index (κ3) is 3.35. The number of halogens is 2. The van der Waals surface area contributed by atoms with E-state index in [0.29, 0.717) is 13.0 Å². The zero-order valence-corrected chi connectivity index (χ0v) is 13.5. The van der Waals surface area contributed by atoms with E-state index in [0.717, 1.165) is 12.8 Å². The molecule has 0 aromatic carbocycles. The molecule has 2 heterocycles. The van der Waals surface area contributed by atoms with Crippen molar-refractivity contribution in [1.29, 1.82) is 0 Å². The maximum absolute atomic E-state index is 12.5. The van der Waals surface area contributed by atoms with Crippen LogP contribution in [-0.2, 0) is 4.79 Å². The van der Waals surface area contributed by atoms with E-state index in [1.54, 1.807) is 6.07 Å². The predicted molar refractivity (Wildman–Crippen MR) is 83.7 cm³/mol. The van der Waals surface area contributed by atoms with Gasteiger partial charge < -0.3 is 20.1 Å². The lowest BCUT2D eigenvalue weighted by Crippen LogP contribution is -2.38. The lowest BCUT2D eigenvalue weighted by Gasteiger charge is -2.23. The number of pyridine rings is 1. The van der Waals surface area contributed by atoms with Gasteiger partial charge in [0.2, 0.25) is 5.88 Å². The van der Waals surface area contributed by atoms with Gasteiger partial charge in [0.25, 0.3) is 6.43 Å². The molecule has 25 heavy (non-hydrogen) atoms. The second-order valence-electron chi connectivity index (χ2n) is 6.42. The molecule has 3 rings (SSSR count). The maximum atomic E-state index is 12.5. The Bertz CT molecular complexity index is 673. The van der Waals surface area contributed by atoms with Crippen LogP contribution in [0.4, 0.5) is 19.3 Å². The van der Waals surface area contributed by atoms with Gasteiger partial charge in [0.05, 0.1) is 5.41 Å². The molecule has 2 amide bonds. The molecule has 7 nitrogen and oxygen atoms in total.